The Kier molecular flexibility index (Phi) is 3.91. The van der Waals surface area contributed by atoms with Crippen molar-refractivity contribution < 1.29 is 0 Å². The Hall–Kier alpha value is -2.21. The first-order valence-corrected chi connectivity index (χ1v) is 6.57. The summed E-state index contributed by atoms with van der Waals surface area (Å²) in [5.74, 6) is -0.176. The van der Waals surface area contributed by atoms with E-state index in [1.165, 1.54) is 0 Å². The van der Waals surface area contributed by atoms with Crippen LogP contribution in [0.3, 0.4) is 0 Å². The average Bonchev–Trinajstić information content (AvgIpc) is 2.79. The standard InChI is InChI=1S/C13H15N5S/c1-8-11(9(2)17-18-13(14)15)19-12(16-8)10-6-4-3-5-7-10/h3-7H,1-2H3,(H4,14,15,18). The number of thiazole rings is 1. The van der Waals surface area contributed by atoms with Crippen molar-refractivity contribution in [1.82, 2.24) is 10.4 Å². The van der Waals surface area contributed by atoms with Gasteiger partial charge in [-0.3, -0.25) is 5.41 Å². The van der Waals surface area contributed by atoms with Crippen LogP contribution in [0.4, 0.5) is 0 Å². The first-order valence-electron chi connectivity index (χ1n) is 5.75. The minimum atomic E-state index is -0.176. The van der Waals surface area contributed by atoms with Crippen LogP contribution in [0.15, 0.2) is 35.4 Å². The molecule has 0 fully saturated rings. The number of hydrogen-bond donors (Lipinski definition) is 3. The number of rotatable bonds is 3. The van der Waals surface area contributed by atoms with Crippen LogP contribution in [-0.2, 0) is 0 Å². The smallest absolute Gasteiger partial charge is 0.206 e. The zero-order valence-electron chi connectivity index (χ0n) is 10.8. The Bertz CT molecular complexity index is 615. The molecular formula is C13H15N5S. The number of aryl methyl sites for hydroxylation is 1. The fourth-order valence-corrected chi connectivity index (χ4v) is 2.65. The summed E-state index contributed by atoms with van der Waals surface area (Å²) in [5, 5.41) is 12.1. The monoisotopic (exact) mass is 273 g/mol. The van der Waals surface area contributed by atoms with Gasteiger partial charge in [0.2, 0.25) is 5.96 Å². The van der Waals surface area contributed by atoms with Crippen LogP contribution in [0.2, 0.25) is 0 Å². The van der Waals surface area contributed by atoms with Crippen LogP contribution in [0.25, 0.3) is 10.6 Å². The first-order chi connectivity index (χ1) is 9.08. The zero-order valence-corrected chi connectivity index (χ0v) is 11.6. The largest absolute Gasteiger partial charge is 0.369 e. The molecule has 0 radical (unpaired) electrons. The van der Waals surface area contributed by atoms with Gasteiger partial charge in [0.1, 0.15) is 5.01 Å². The molecule has 0 aliphatic carbocycles. The Labute approximate surface area is 115 Å². The number of nitrogens with one attached hydrogen (secondary N) is 2. The van der Waals surface area contributed by atoms with Crippen molar-refractivity contribution in [2.24, 2.45) is 10.8 Å². The summed E-state index contributed by atoms with van der Waals surface area (Å²) in [7, 11) is 0. The van der Waals surface area contributed by atoms with Gasteiger partial charge >= 0.3 is 0 Å². The normalized spacial score (nSPS) is 11.4. The van der Waals surface area contributed by atoms with Crippen molar-refractivity contribution >= 4 is 23.0 Å². The maximum atomic E-state index is 7.09. The molecule has 2 rings (SSSR count). The van der Waals surface area contributed by atoms with Crippen LogP contribution < -0.4 is 11.2 Å². The van der Waals surface area contributed by atoms with Gasteiger partial charge in [-0.05, 0) is 13.8 Å². The topological polar surface area (TPSA) is 87.2 Å². The minimum absolute atomic E-state index is 0.176. The van der Waals surface area contributed by atoms with Crippen LogP contribution in [0.1, 0.15) is 17.5 Å². The van der Waals surface area contributed by atoms with E-state index in [0.717, 1.165) is 26.9 Å². The van der Waals surface area contributed by atoms with E-state index in [0.29, 0.717) is 0 Å². The molecule has 1 heterocycles. The Morgan fingerprint density at radius 3 is 2.68 bits per heavy atom. The number of nitrogens with zero attached hydrogens (tertiary/aromatic N) is 2. The average molecular weight is 273 g/mol. The van der Waals surface area contributed by atoms with E-state index in [1.54, 1.807) is 11.3 Å². The first kappa shape index (κ1) is 13.2. The van der Waals surface area contributed by atoms with Crippen LogP contribution in [0, 0.1) is 12.3 Å². The predicted octanol–water partition coefficient (Wildman–Crippen LogP) is 2.33. The van der Waals surface area contributed by atoms with Crippen molar-refractivity contribution in [3.05, 3.63) is 40.9 Å². The highest BCUT2D eigenvalue weighted by Crippen LogP contribution is 2.28. The van der Waals surface area contributed by atoms with E-state index < -0.39 is 0 Å². The third-order valence-corrected chi connectivity index (χ3v) is 3.81. The molecule has 6 heteroatoms. The fourth-order valence-electron chi connectivity index (χ4n) is 1.63. The van der Waals surface area contributed by atoms with Crippen LogP contribution in [-0.4, -0.2) is 16.7 Å². The number of guanidine groups is 1. The van der Waals surface area contributed by atoms with Gasteiger partial charge < -0.3 is 5.73 Å². The minimum Gasteiger partial charge on any atom is -0.369 e. The maximum Gasteiger partial charge on any atom is 0.206 e. The maximum absolute atomic E-state index is 7.09. The molecule has 0 atom stereocenters. The van der Waals surface area contributed by atoms with Gasteiger partial charge in [0.05, 0.1) is 16.3 Å². The number of hydrazone groups is 1. The lowest BCUT2D eigenvalue weighted by atomic mass is 10.2. The summed E-state index contributed by atoms with van der Waals surface area (Å²) in [6.07, 6.45) is 0. The SMILES string of the molecule is CC(=NNC(=N)N)c1sc(-c2ccccc2)nc1C. The third kappa shape index (κ3) is 3.17. The molecule has 1 aromatic heterocycles. The summed E-state index contributed by atoms with van der Waals surface area (Å²) in [6.45, 7) is 3.82. The van der Waals surface area contributed by atoms with Crippen LogP contribution in [0.5, 0.6) is 0 Å². The zero-order chi connectivity index (χ0) is 13.8. The highest BCUT2D eigenvalue weighted by atomic mass is 32.1. The van der Waals surface area contributed by atoms with Gasteiger partial charge in [-0.2, -0.15) is 5.10 Å². The van der Waals surface area contributed by atoms with Crippen molar-refractivity contribution in [2.45, 2.75) is 13.8 Å². The predicted molar refractivity (Wildman–Crippen MR) is 79.5 cm³/mol. The second-order valence-corrected chi connectivity index (χ2v) is 5.02. The third-order valence-electron chi connectivity index (χ3n) is 2.49. The van der Waals surface area contributed by atoms with Crippen molar-refractivity contribution in [3.8, 4) is 10.6 Å². The van der Waals surface area contributed by atoms with Gasteiger partial charge in [0.15, 0.2) is 0 Å². The summed E-state index contributed by atoms with van der Waals surface area (Å²) in [4.78, 5) is 5.55. The van der Waals surface area contributed by atoms with E-state index >= 15 is 0 Å². The second kappa shape index (κ2) is 5.62. The molecule has 1 aromatic carbocycles. The molecule has 0 saturated heterocycles. The molecule has 4 N–H and O–H groups in total. The fraction of sp³-hybridized carbons (Fsp3) is 0.154. The van der Waals surface area contributed by atoms with Crippen molar-refractivity contribution in [1.29, 1.82) is 5.41 Å². The second-order valence-electron chi connectivity index (χ2n) is 4.02. The lowest BCUT2D eigenvalue weighted by Gasteiger charge is -1.99. The Morgan fingerprint density at radius 2 is 2.05 bits per heavy atom. The van der Waals surface area contributed by atoms with Crippen molar-refractivity contribution in [2.75, 3.05) is 0 Å². The van der Waals surface area contributed by atoms with E-state index in [4.69, 9.17) is 11.1 Å². The van der Waals surface area contributed by atoms with Crippen LogP contribution >= 0.6 is 11.3 Å². The lowest BCUT2D eigenvalue weighted by Crippen LogP contribution is -2.26. The quantitative estimate of drug-likeness (QED) is 0.455. The summed E-state index contributed by atoms with van der Waals surface area (Å²) < 4.78 is 0. The number of nitrogens with two attached hydrogens (primary N) is 1. The van der Waals surface area contributed by atoms with E-state index in [9.17, 15) is 0 Å². The molecule has 0 unspecified atom stereocenters. The molecule has 0 spiro atoms. The molecule has 19 heavy (non-hydrogen) atoms. The molecule has 2 aromatic rings. The van der Waals surface area contributed by atoms with E-state index in [2.05, 4.69) is 15.5 Å². The van der Waals surface area contributed by atoms with Gasteiger partial charge in [0, 0.05) is 5.56 Å². The molecule has 0 aliphatic rings. The van der Waals surface area contributed by atoms with Gasteiger partial charge in [-0.1, -0.05) is 30.3 Å². The van der Waals surface area contributed by atoms with Gasteiger partial charge in [0.25, 0.3) is 0 Å². The van der Waals surface area contributed by atoms with E-state index in [-0.39, 0.29) is 5.96 Å². The molecule has 5 nitrogen and oxygen atoms in total. The molecule has 0 aliphatic heterocycles. The molecule has 0 saturated carbocycles. The summed E-state index contributed by atoms with van der Waals surface area (Å²) in [5.41, 5.74) is 10.4. The lowest BCUT2D eigenvalue weighted by molar-refractivity contribution is 0.992. The number of benzene rings is 1. The number of aromatic nitrogens is 1. The highest BCUT2D eigenvalue weighted by Gasteiger charge is 2.11. The van der Waals surface area contributed by atoms with Gasteiger partial charge in [-0.25, -0.2) is 10.4 Å². The molecule has 98 valence electrons. The molecule has 0 amide bonds. The Balaban J connectivity index is 2.32. The molecular weight excluding hydrogens is 258 g/mol. The van der Waals surface area contributed by atoms with E-state index in [1.807, 2.05) is 44.2 Å². The summed E-state index contributed by atoms with van der Waals surface area (Å²) in [6, 6.07) is 10.0. The molecule has 0 bridgehead atoms. The van der Waals surface area contributed by atoms with Gasteiger partial charge in [-0.15, -0.1) is 11.3 Å². The number of hydrogen-bond acceptors (Lipinski definition) is 4. The highest BCUT2D eigenvalue weighted by molar-refractivity contribution is 7.17. The Morgan fingerprint density at radius 1 is 1.37 bits per heavy atom. The summed E-state index contributed by atoms with van der Waals surface area (Å²) >= 11 is 1.58. The van der Waals surface area contributed by atoms with Crippen molar-refractivity contribution in [3.63, 3.8) is 0 Å².